The van der Waals surface area contributed by atoms with Crippen LogP contribution < -0.4 is 0 Å². The van der Waals surface area contributed by atoms with E-state index in [4.69, 9.17) is 0 Å². The summed E-state index contributed by atoms with van der Waals surface area (Å²) in [6.07, 6.45) is 6.05. The van der Waals surface area contributed by atoms with Crippen molar-refractivity contribution in [3.63, 3.8) is 0 Å². The number of rotatable bonds is 4. The first-order valence-electron chi connectivity index (χ1n) is 9.40. The zero-order valence-corrected chi connectivity index (χ0v) is 15.4. The molecule has 1 saturated heterocycles. The second-order valence-corrected chi connectivity index (χ2v) is 7.57. The third-order valence-corrected chi connectivity index (χ3v) is 5.71. The van der Waals surface area contributed by atoms with E-state index in [-0.39, 0.29) is 11.9 Å². The first-order chi connectivity index (χ1) is 13.2. The van der Waals surface area contributed by atoms with E-state index in [1.165, 1.54) is 11.1 Å². The van der Waals surface area contributed by atoms with Crippen LogP contribution in [-0.4, -0.2) is 49.2 Å². The van der Waals surface area contributed by atoms with Gasteiger partial charge in [0.2, 0.25) is 0 Å². The van der Waals surface area contributed by atoms with Crippen LogP contribution in [0.4, 0.5) is 0 Å². The number of fused-ring (bicyclic) bond motifs is 3. The molecule has 0 saturated carbocycles. The molecule has 1 aromatic carbocycles. The van der Waals surface area contributed by atoms with Crippen molar-refractivity contribution in [3.05, 3.63) is 77.9 Å². The zero-order valence-electron chi connectivity index (χ0n) is 15.4. The molecule has 5 rings (SSSR count). The molecule has 138 valence electrons. The molecule has 1 fully saturated rings. The maximum absolute atomic E-state index is 13.2. The van der Waals surface area contributed by atoms with Crippen LogP contribution in [0.15, 0.2) is 61.1 Å². The van der Waals surface area contributed by atoms with Crippen molar-refractivity contribution in [2.45, 2.75) is 25.2 Å². The van der Waals surface area contributed by atoms with Crippen LogP contribution in [0.5, 0.6) is 0 Å². The summed E-state index contributed by atoms with van der Waals surface area (Å²) in [4.78, 5) is 17.7. The smallest absolute Gasteiger partial charge is 0.271 e. The van der Waals surface area contributed by atoms with Crippen molar-refractivity contribution in [1.29, 1.82) is 0 Å². The van der Waals surface area contributed by atoms with Crippen molar-refractivity contribution in [1.82, 2.24) is 24.1 Å². The number of amides is 1. The Balaban J connectivity index is 1.43. The number of carbonyl (C=O) groups is 1. The first kappa shape index (κ1) is 16.3. The second kappa shape index (κ2) is 6.39. The van der Waals surface area contributed by atoms with Crippen LogP contribution in [0.25, 0.3) is 0 Å². The van der Waals surface area contributed by atoms with Crippen molar-refractivity contribution in [2.75, 3.05) is 13.1 Å². The van der Waals surface area contributed by atoms with Gasteiger partial charge < -0.3 is 9.47 Å². The Morgan fingerprint density at radius 3 is 2.59 bits per heavy atom. The van der Waals surface area contributed by atoms with Gasteiger partial charge in [0.1, 0.15) is 5.69 Å². The monoisotopic (exact) mass is 361 g/mol. The Labute approximate surface area is 158 Å². The van der Waals surface area contributed by atoms with Crippen LogP contribution in [0.2, 0.25) is 0 Å². The van der Waals surface area contributed by atoms with Gasteiger partial charge in [0.05, 0.1) is 18.3 Å². The molecule has 0 aliphatic carbocycles. The van der Waals surface area contributed by atoms with Gasteiger partial charge in [-0.25, -0.2) is 0 Å². The summed E-state index contributed by atoms with van der Waals surface area (Å²) in [7, 11) is 1.94. The molecular weight excluding hydrogens is 338 g/mol. The lowest BCUT2D eigenvalue weighted by Gasteiger charge is -2.38. The molecule has 27 heavy (non-hydrogen) atoms. The molecule has 0 radical (unpaired) electrons. The van der Waals surface area contributed by atoms with Crippen LogP contribution in [0, 0.1) is 0 Å². The molecule has 0 bridgehead atoms. The number of aromatic nitrogens is 3. The number of benzene rings is 1. The molecule has 2 aliphatic heterocycles. The van der Waals surface area contributed by atoms with E-state index in [1.54, 1.807) is 0 Å². The predicted molar refractivity (Wildman–Crippen MR) is 102 cm³/mol. The zero-order chi connectivity index (χ0) is 18.4. The van der Waals surface area contributed by atoms with E-state index >= 15 is 0 Å². The number of nitrogens with zero attached hydrogens (tertiary/aromatic N) is 5. The first-order valence-corrected chi connectivity index (χ1v) is 9.40. The van der Waals surface area contributed by atoms with Crippen LogP contribution in [0.1, 0.15) is 27.7 Å². The minimum Gasteiger partial charge on any atom is -0.337 e. The highest BCUT2D eigenvalue weighted by Crippen LogP contribution is 2.35. The highest BCUT2D eigenvalue weighted by Gasteiger charge is 2.44. The highest BCUT2D eigenvalue weighted by atomic mass is 16.2. The molecule has 0 spiro atoms. The summed E-state index contributed by atoms with van der Waals surface area (Å²) in [5.74, 6) is 0.133. The summed E-state index contributed by atoms with van der Waals surface area (Å²) in [5.41, 5.74) is 3.19. The molecule has 4 heterocycles. The molecular formula is C21H23N5O. The Morgan fingerprint density at radius 1 is 1.00 bits per heavy atom. The van der Waals surface area contributed by atoms with Crippen molar-refractivity contribution >= 4 is 5.91 Å². The molecule has 2 aliphatic rings. The molecule has 3 aromatic rings. The molecule has 0 unspecified atom stereocenters. The minimum absolute atomic E-state index is 0.133. The van der Waals surface area contributed by atoms with E-state index in [0.717, 1.165) is 25.3 Å². The predicted octanol–water partition coefficient (Wildman–Crippen LogP) is 2.30. The third kappa shape index (κ3) is 2.86. The summed E-state index contributed by atoms with van der Waals surface area (Å²) >= 11 is 0. The fourth-order valence-electron chi connectivity index (χ4n) is 4.50. The highest BCUT2D eigenvalue weighted by molar-refractivity contribution is 5.94. The number of hydrogen-bond acceptors (Lipinski definition) is 3. The minimum atomic E-state index is 0.133. The maximum Gasteiger partial charge on any atom is 0.271 e. The van der Waals surface area contributed by atoms with Crippen LogP contribution in [0.3, 0.4) is 0 Å². The average molecular weight is 361 g/mol. The standard InChI is InChI=1S/C21H23N5O/c1-23-11-17(10-22-23)12-24-14-19-20(15-24)26(13-16-6-3-2-4-7-16)21(27)18-8-5-9-25(18)19/h2-11,19-20H,12-15H2,1H3/t19-,20+/m1/s1. The van der Waals surface area contributed by atoms with Crippen molar-refractivity contribution in [3.8, 4) is 0 Å². The van der Waals surface area contributed by atoms with Crippen LogP contribution >= 0.6 is 0 Å². The second-order valence-electron chi connectivity index (χ2n) is 7.57. The van der Waals surface area contributed by atoms with Gasteiger partial charge in [-0.2, -0.15) is 5.10 Å². The lowest BCUT2D eigenvalue weighted by atomic mass is 10.0. The normalized spacial score (nSPS) is 22.1. The molecule has 6 nitrogen and oxygen atoms in total. The summed E-state index contributed by atoms with van der Waals surface area (Å²) < 4.78 is 4.02. The number of hydrogen-bond donors (Lipinski definition) is 0. The van der Waals surface area contributed by atoms with Gasteiger partial charge in [0.25, 0.3) is 5.91 Å². The maximum atomic E-state index is 13.2. The van der Waals surface area contributed by atoms with Gasteiger partial charge in [0.15, 0.2) is 0 Å². The van der Waals surface area contributed by atoms with Gasteiger partial charge in [-0.3, -0.25) is 14.4 Å². The fourth-order valence-corrected chi connectivity index (χ4v) is 4.50. The number of likely N-dealkylation sites (tertiary alicyclic amines) is 1. The fraction of sp³-hybridized carbons (Fsp3) is 0.333. The van der Waals surface area contributed by atoms with Gasteiger partial charge in [-0.15, -0.1) is 0 Å². The summed E-state index contributed by atoms with van der Waals surface area (Å²) in [5, 5.41) is 4.28. The van der Waals surface area contributed by atoms with E-state index in [9.17, 15) is 4.79 Å². The van der Waals surface area contributed by atoms with Crippen molar-refractivity contribution in [2.24, 2.45) is 7.05 Å². The summed E-state index contributed by atoms with van der Waals surface area (Å²) in [6, 6.07) is 14.7. The largest absolute Gasteiger partial charge is 0.337 e. The Bertz CT molecular complexity index is 960. The SMILES string of the molecule is Cn1cc(CN2C[C@@H]3[C@H](C2)N(Cc2ccccc2)C(=O)c2cccn23)cn1. The lowest BCUT2D eigenvalue weighted by Crippen LogP contribution is -2.49. The molecule has 0 N–H and O–H groups in total. The van der Waals surface area contributed by atoms with Crippen molar-refractivity contribution < 1.29 is 4.79 Å². The van der Waals surface area contributed by atoms with Crippen LogP contribution in [-0.2, 0) is 20.1 Å². The van der Waals surface area contributed by atoms with E-state index in [2.05, 4.69) is 44.0 Å². The van der Waals surface area contributed by atoms with Gasteiger partial charge >= 0.3 is 0 Å². The number of carbonyl (C=O) groups excluding carboxylic acids is 1. The Morgan fingerprint density at radius 2 is 1.81 bits per heavy atom. The summed E-state index contributed by atoms with van der Waals surface area (Å²) in [6.45, 7) is 3.35. The average Bonchev–Trinajstić information content (AvgIpc) is 3.39. The molecule has 2 aromatic heterocycles. The van der Waals surface area contributed by atoms with E-state index in [0.29, 0.717) is 12.6 Å². The van der Waals surface area contributed by atoms with E-state index in [1.807, 2.05) is 48.3 Å². The van der Waals surface area contributed by atoms with Gasteiger partial charge in [-0.05, 0) is 17.7 Å². The molecule has 6 heteroatoms. The lowest BCUT2D eigenvalue weighted by molar-refractivity contribution is 0.0556. The third-order valence-electron chi connectivity index (χ3n) is 5.71. The molecule has 1 amide bonds. The Hall–Kier alpha value is -2.86. The number of aryl methyl sites for hydroxylation is 1. The topological polar surface area (TPSA) is 46.3 Å². The van der Waals surface area contributed by atoms with E-state index < -0.39 is 0 Å². The Kier molecular flexibility index (Phi) is 3.86. The quantitative estimate of drug-likeness (QED) is 0.716. The van der Waals surface area contributed by atoms with Gasteiger partial charge in [0, 0.05) is 51.2 Å². The molecule has 2 atom stereocenters. The van der Waals surface area contributed by atoms with Gasteiger partial charge in [-0.1, -0.05) is 30.3 Å².